The highest BCUT2D eigenvalue weighted by Crippen LogP contribution is 2.28. The molecule has 1 aromatic carbocycles. The van der Waals surface area contributed by atoms with Gasteiger partial charge in [0.15, 0.2) is 5.82 Å². The molecule has 4 rings (SSSR count). The first-order valence-electron chi connectivity index (χ1n) is 10.2. The van der Waals surface area contributed by atoms with Crippen LogP contribution in [0.3, 0.4) is 0 Å². The van der Waals surface area contributed by atoms with Crippen LogP contribution < -0.4 is 15.9 Å². The molecule has 164 valence electrons. The number of nitrogens with zero attached hydrogens (tertiary/aromatic N) is 5. The number of aryl methyl sites for hydroxylation is 2. The summed E-state index contributed by atoms with van der Waals surface area (Å²) >= 11 is 6.29. The Morgan fingerprint density at radius 3 is 2.71 bits per heavy atom. The van der Waals surface area contributed by atoms with Crippen LogP contribution in [0.4, 0.5) is 17.5 Å². The van der Waals surface area contributed by atoms with Crippen LogP contribution in [-0.2, 0) is 18.4 Å². The van der Waals surface area contributed by atoms with Crippen molar-refractivity contribution in [3.05, 3.63) is 39.9 Å². The number of amides is 1. The highest BCUT2D eigenvalue weighted by atomic mass is 35.5. The summed E-state index contributed by atoms with van der Waals surface area (Å²) in [4.78, 5) is 34.9. The SMILES string of the molecule is Cn1c(=O)n(CCC(C)(C)O)c2cc(Nc3nc(N4CCCC4=O)ncc3Cl)ccc21. The number of hydrogen-bond donors (Lipinski definition) is 2. The van der Waals surface area contributed by atoms with Crippen molar-refractivity contribution in [1.82, 2.24) is 19.1 Å². The summed E-state index contributed by atoms with van der Waals surface area (Å²) in [6.07, 6.45) is 3.18. The van der Waals surface area contributed by atoms with E-state index in [2.05, 4.69) is 15.3 Å². The largest absolute Gasteiger partial charge is 0.390 e. The van der Waals surface area contributed by atoms with Gasteiger partial charge < -0.3 is 10.4 Å². The van der Waals surface area contributed by atoms with Crippen LogP contribution in [0, 0.1) is 0 Å². The van der Waals surface area contributed by atoms with E-state index in [1.807, 2.05) is 18.2 Å². The van der Waals surface area contributed by atoms with Gasteiger partial charge >= 0.3 is 5.69 Å². The number of hydrogen-bond acceptors (Lipinski definition) is 6. The quantitative estimate of drug-likeness (QED) is 0.605. The van der Waals surface area contributed by atoms with E-state index in [0.717, 1.165) is 17.5 Å². The topological polar surface area (TPSA) is 105 Å². The Kier molecular flexibility index (Phi) is 5.49. The summed E-state index contributed by atoms with van der Waals surface area (Å²) in [6.45, 7) is 4.41. The summed E-state index contributed by atoms with van der Waals surface area (Å²) in [5, 5.41) is 13.6. The van der Waals surface area contributed by atoms with Gasteiger partial charge in [0.05, 0.1) is 22.8 Å². The van der Waals surface area contributed by atoms with Gasteiger partial charge in [0.1, 0.15) is 5.02 Å². The second-order valence-electron chi connectivity index (χ2n) is 8.40. The molecule has 1 amide bonds. The van der Waals surface area contributed by atoms with Crippen LogP contribution in [0.1, 0.15) is 33.1 Å². The number of carbonyl (C=O) groups is 1. The Balaban J connectivity index is 1.68. The molecule has 0 bridgehead atoms. The molecule has 1 aliphatic rings. The Bertz CT molecular complexity index is 1210. The van der Waals surface area contributed by atoms with Gasteiger partial charge in [0.2, 0.25) is 11.9 Å². The fourth-order valence-electron chi connectivity index (χ4n) is 3.66. The predicted molar refractivity (Wildman–Crippen MR) is 120 cm³/mol. The van der Waals surface area contributed by atoms with Gasteiger partial charge in [-0.3, -0.25) is 18.8 Å². The average molecular weight is 445 g/mol. The summed E-state index contributed by atoms with van der Waals surface area (Å²) in [7, 11) is 1.72. The van der Waals surface area contributed by atoms with Crippen molar-refractivity contribution >= 4 is 46.0 Å². The highest BCUT2D eigenvalue weighted by Gasteiger charge is 2.25. The van der Waals surface area contributed by atoms with E-state index in [0.29, 0.717) is 48.4 Å². The molecule has 3 heterocycles. The van der Waals surface area contributed by atoms with E-state index in [-0.39, 0.29) is 11.6 Å². The van der Waals surface area contributed by atoms with Crippen molar-refractivity contribution < 1.29 is 9.90 Å². The molecule has 0 radical (unpaired) electrons. The second kappa shape index (κ2) is 7.97. The minimum Gasteiger partial charge on any atom is -0.390 e. The van der Waals surface area contributed by atoms with Gasteiger partial charge in [0.25, 0.3) is 0 Å². The van der Waals surface area contributed by atoms with Crippen LogP contribution >= 0.6 is 11.6 Å². The lowest BCUT2D eigenvalue weighted by molar-refractivity contribution is -0.117. The molecule has 2 aromatic heterocycles. The zero-order valence-corrected chi connectivity index (χ0v) is 18.5. The molecular weight excluding hydrogens is 420 g/mol. The molecule has 9 nitrogen and oxygen atoms in total. The standard InChI is InChI=1S/C21H25ClN6O3/c1-21(2,31)8-10-27-16-11-13(6-7-15(16)26(3)20(27)30)24-18-14(22)12-23-19(25-18)28-9-4-5-17(28)29/h6-7,11-12,31H,4-5,8-10H2,1-3H3,(H,23,24,25). The molecular formula is C21H25ClN6O3. The molecule has 10 heteroatoms. The zero-order chi connectivity index (χ0) is 22.3. The number of rotatable bonds is 6. The third-order valence-corrected chi connectivity index (χ3v) is 5.68. The van der Waals surface area contributed by atoms with Crippen LogP contribution in [-0.4, -0.2) is 42.3 Å². The van der Waals surface area contributed by atoms with Crippen molar-refractivity contribution in [1.29, 1.82) is 0 Å². The van der Waals surface area contributed by atoms with Gasteiger partial charge in [-0.1, -0.05) is 11.6 Å². The summed E-state index contributed by atoms with van der Waals surface area (Å²) in [5.41, 5.74) is 1.18. The van der Waals surface area contributed by atoms with Crippen LogP contribution in [0.15, 0.2) is 29.2 Å². The molecule has 0 unspecified atom stereocenters. The van der Waals surface area contributed by atoms with E-state index in [1.165, 1.54) is 6.20 Å². The van der Waals surface area contributed by atoms with Crippen molar-refractivity contribution in [3.8, 4) is 0 Å². The van der Waals surface area contributed by atoms with E-state index in [4.69, 9.17) is 11.6 Å². The van der Waals surface area contributed by atoms with Gasteiger partial charge in [-0.05, 0) is 44.9 Å². The first kappa shape index (κ1) is 21.3. The predicted octanol–water partition coefficient (Wildman–Crippen LogP) is 2.81. The van der Waals surface area contributed by atoms with E-state index in [9.17, 15) is 14.7 Å². The fraction of sp³-hybridized carbons (Fsp3) is 0.429. The molecule has 2 N–H and O–H groups in total. The first-order chi connectivity index (χ1) is 14.6. The lowest BCUT2D eigenvalue weighted by Gasteiger charge is -2.17. The Labute approximate surface area is 184 Å². The molecule has 31 heavy (non-hydrogen) atoms. The summed E-state index contributed by atoms with van der Waals surface area (Å²) < 4.78 is 3.23. The van der Waals surface area contributed by atoms with Crippen LogP contribution in [0.5, 0.6) is 0 Å². The maximum Gasteiger partial charge on any atom is 0.328 e. The molecule has 3 aromatic rings. The first-order valence-corrected chi connectivity index (χ1v) is 10.5. The molecule has 0 saturated carbocycles. The Hall–Kier alpha value is -2.91. The average Bonchev–Trinajstić information content (AvgIpc) is 3.23. The van der Waals surface area contributed by atoms with Crippen molar-refractivity contribution in [2.24, 2.45) is 7.05 Å². The second-order valence-corrected chi connectivity index (χ2v) is 8.81. The smallest absolute Gasteiger partial charge is 0.328 e. The van der Waals surface area contributed by atoms with Gasteiger partial charge in [-0.15, -0.1) is 0 Å². The number of imidazole rings is 1. The third-order valence-electron chi connectivity index (χ3n) is 5.40. The number of carbonyl (C=O) groups excluding carboxylic acids is 1. The normalized spacial score (nSPS) is 14.6. The van der Waals surface area contributed by atoms with E-state index < -0.39 is 5.60 Å². The number of aromatic nitrogens is 4. The molecule has 1 saturated heterocycles. The van der Waals surface area contributed by atoms with Gasteiger partial charge in [0, 0.05) is 32.2 Å². The number of fused-ring (bicyclic) bond motifs is 1. The number of nitrogens with one attached hydrogen (secondary N) is 1. The summed E-state index contributed by atoms with van der Waals surface area (Å²) in [5.74, 6) is 0.694. The summed E-state index contributed by atoms with van der Waals surface area (Å²) in [6, 6.07) is 5.53. The third kappa shape index (κ3) is 4.28. The zero-order valence-electron chi connectivity index (χ0n) is 17.7. The number of benzene rings is 1. The molecule has 1 fully saturated rings. The lowest BCUT2D eigenvalue weighted by Crippen LogP contribution is -2.27. The molecule has 0 spiro atoms. The molecule has 0 atom stereocenters. The van der Waals surface area contributed by atoms with E-state index in [1.54, 1.807) is 34.9 Å². The van der Waals surface area contributed by atoms with Crippen LogP contribution in [0.25, 0.3) is 11.0 Å². The maximum absolute atomic E-state index is 12.7. The van der Waals surface area contributed by atoms with Crippen molar-refractivity contribution in [2.45, 2.75) is 45.3 Å². The van der Waals surface area contributed by atoms with Gasteiger partial charge in [-0.2, -0.15) is 4.98 Å². The fourth-order valence-corrected chi connectivity index (χ4v) is 3.80. The number of aliphatic hydroxyl groups is 1. The van der Waals surface area contributed by atoms with E-state index >= 15 is 0 Å². The molecule has 0 aliphatic carbocycles. The number of anilines is 3. The highest BCUT2D eigenvalue weighted by molar-refractivity contribution is 6.33. The minimum atomic E-state index is -0.880. The monoisotopic (exact) mass is 444 g/mol. The van der Waals surface area contributed by atoms with Crippen LogP contribution in [0.2, 0.25) is 5.02 Å². The minimum absolute atomic E-state index is 0.00481. The Morgan fingerprint density at radius 1 is 1.26 bits per heavy atom. The van der Waals surface area contributed by atoms with Gasteiger partial charge in [-0.25, -0.2) is 9.78 Å². The Morgan fingerprint density at radius 2 is 2.03 bits per heavy atom. The molecule has 1 aliphatic heterocycles. The van der Waals surface area contributed by atoms with Crippen molar-refractivity contribution in [3.63, 3.8) is 0 Å². The number of halogens is 1. The maximum atomic E-state index is 12.7. The lowest BCUT2D eigenvalue weighted by atomic mass is 10.1. The van der Waals surface area contributed by atoms with Crippen molar-refractivity contribution in [2.75, 3.05) is 16.8 Å².